The number of hydrogen-bond acceptors (Lipinski definition) is 2. The van der Waals surface area contributed by atoms with Crippen LogP contribution >= 0.6 is 27.7 Å². The highest BCUT2D eigenvalue weighted by Crippen LogP contribution is 2.35. The minimum absolute atomic E-state index is 0.112. The average Bonchev–Trinajstić information content (AvgIpc) is 2.52. The van der Waals surface area contributed by atoms with Crippen molar-refractivity contribution in [1.29, 1.82) is 0 Å². The lowest BCUT2D eigenvalue weighted by molar-refractivity contribution is 0.188. The largest absolute Gasteiger partial charge is 0.392 e. The van der Waals surface area contributed by atoms with Crippen LogP contribution < -0.4 is 0 Å². The summed E-state index contributed by atoms with van der Waals surface area (Å²) in [7, 11) is 0. The van der Waals surface area contributed by atoms with Gasteiger partial charge in [-0.25, -0.2) is 0 Å². The third-order valence-corrected chi connectivity index (χ3v) is 4.37. The minimum Gasteiger partial charge on any atom is -0.392 e. The van der Waals surface area contributed by atoms with Gasteiger partial charge in [0, 0.05) is 14.6 Å². The van der Waals surface area contributed by atoms with Gasteiger partial charge in [-0.15, -0.1) is 11.8 Å². The van der Waals surface area contributed by atoms with E-state index in [1.165, 1.54) is 4.90 Å². The monoisotopic (exact) mass is 272 g/mol. The molecule has 2 unspecified atom stereocenters. The first-order chi connectivity index (χ1) is 6.75. The SMILES string of the molecule is OC1CCCC1Sc1cccc(Br)c1. The Kier molecular flexibility index (Phi) is 3.52. The lowest BCUT2D eigenvalue weighted by Gasteiger charge is -2.13. The van der Waals surface area contributed by atoms with Crippen LogP contribution in [0.15, 0.2) is 33.6 Å². The molecule has 1 aliphatic rings. The fourth-order valence-electron chi connectivity index (χ4n) is 1.76. The zero-order valence-corrected chi connectivity index (χ0v) is 10.2. The molecule has 0 aromatic heterocycles. The van der Waals surface area contributed by atoms with Gasteiger partial charge in [0.25, 0.3) is 0 Å². The minimum atomic E-state index is -0.112. The molecular weight excluding hydrogens is 260 g/mol. The van der Waals surface area contributed by atoms with Gasteiger partial charge in [0.1, 0.15) is 0 Å². The molecule has 2 rings (SSSR count). The van der Waals surface area contributed by atoms with Crippen molar-refractivity contribution < 1.29 is 5.11 Å². The standard InChI is InChI=1S/C11H13BrOS/c12-8-3-1-4-9(7-8)14-11-6-2-5-10(11)13/h1,3-4,7,10-11,13H,2,5-6H2. The predicted molar refractivity (Wildman–Crippen MR) is 63.6 cm³/mol. The second-order valence-electron chi connectivity index (χ2n) is 3.61. The van der Waals surface area contributed by atoms with Gasteiger partial charge in [-0.1, -0.05) is 22.0 Å². The maximum Gasteiger partial charge on any atom is 0.0662 e. The van der Waals surface area contributed by atoms with E-state index in [-0.39, 0.29) is 6.10 Å². The number of thioether (sulfide) groups is 1. The van der Waals surface area contributed by atoms with Gasteiger partial charge in [0.2, 0.25) is 0 Å². The van der Waals surface area contributed by atoms with Crippen LogP contribution in [0, 0.1) is 0 Å². The molecule has 0 saturated heterocycles. The Balaban J connectivity index is 2.03. The zero-order chi connectivity index (χ0) is 9.97. The van der Waals surface area contributed by atoms with E-state index < -0.39 is 0 Å². The molecule has 1 N–H and O–H groups in total. The van der Waals surface area contributed by atoms with Gasteiger partial charge in [-0.05, 0) is 37.5 Å². The molecular formula is C11H13BrOS. The summed E-state index contributed by atoms with van der Waals surface area (Å²) in [4.78, 5) is 1.24. The van der Waals surface area contributed by atoms with Crippen LogP contribution in [0.5, 0.6) is 0 Å². The smallest absolute Gasteiger partial charge is 0.0662 e. The third-order valence-electron chi connectivity index (χ3n) is 2.50. The maximum absolute atomic E-state index is 9.69. The molecule has 0 bridgehead atoms. The molecule has 1 aromatic carbocycles. The molecule has 0 heterocycles. The van der Waals surface area contributed by atoms with Crippen molar-refractivity contribution in [3.05, 3.63) is 28.7 Å². The summed E-state index contributed by atoms with van der Waals surface area (Å²) in [5.41, 5.74) is 0. The second kappa shape index (κ2) is 4.69. The lowest BCUT2D eigenvalue weighted by Crippen LogP contribution is -2.14. The summed E-state index contributed by atoms with van der Waals surface area (Å²) in [6.07, 6.45) is 3.15. The van der Waals surface area contributed by atoms with E-state index in [1.807, 2.05) is 12.1 Å². The van der Waals surface area contributed by atoms with Crippen LogP contribution in [0.4, 0.5) is 0 Å². The van der Waals surface area contributed by atoms with E-state index in [1.54, 1.807) is 11.8 Å². The molecule has 76 valence electrons. The molecule has 1 nitrogen and oxygen atoms in total. The second-order valence-corrected chi connectivity index (χ2v) is 5.84. The van der Waals surface area contributed by atoms with E-state index in [0.717, 1.165) is 23.7 Å². The van der Waals surface area contributed by atoms with Crippen LogP contribution in [0.3, 0.4) is 0 Å². The molecule has 1 aliphatic carbocycles. The third kappa shape index (κ3) is 2.53. The Morgan fingerprint density at radius 2 is 2.21 bits per heavy atom. The number of aliphatic hydroxyl groups is 1. The number of halogens is 1. The molecule has 0 radical (unpaired) electrons. The van der Waals surface area contributed by atoms with Gasteiger partial charge < -0.3 is 5.11 Å². The molecule has 0 aliphatic heterocycles. The zero-order valence-electron chi connectivity index (χ0n) is 7.82. The summed E-state index contributed by atoms with van der Waals surface area (Å²) in [5, 5.41) is 10.1. The summed E-state index contributed by atoms with van der Waals surface area (Å²) in [5.74, 6) is 0. The van der Waals surface area contributed by atoms with Crippen molar-refractivity contribution in [3.8, 4) is 0 Å². The van der Waals surface area contributed by atoms with E-state index >= 15 is 0 Å². The van der Waals surface area contributed by atoms with E-state index in [9.17, 15) is 5.11 Å². The van der Waals surface area contributed by atoms with Crippen LogP contribution in [0.25, 0.3) is 0 Å². The van der Waals surface area contributed by atoms with Gasteiger partial charge in [0.15, 0.2) is 0 Å². The lowest BCUT2D eigenvalue weighted by atomic mass is 10.3. The highest BCUT2D eigenvalue weighted by molar-refractivity contribution is 9.10. The number of aliphatic hydroxyl groups excluding tert-OH is 1. The summed E-state index contributed by atoms with van der Waals surface area (Å²) in [6, 6.07) is 8.26. The maximum atomic E-state index is 9.69. The number of hydrogen-bond donors (Lipinski definition) is 1. The molecule has 1 saturated carbocycles. The highest BCUT2D eigenvalue weighted by Gasteiger charge is 2.25. The first-order valence-corrected chi connectivity index (χ1v) is 6.53. The molecule has 1 aromatic rings. The Morgan fingerprint density at radius 1 is 1.36 bits per heavy atom. The molecule has 2 atom stereocenters. The highest BCUT2D eigenvalue weighted by atomic mass is 79.9. The fraction of sp³-hybridized carbons (Fsp3) is 0.455. The molecule has 14 heavy (non-hydrogen) atoms. The van der Waals surface area contributed by atoms with Gasteiger partial charge in [-0.2, -0.15) is 0 Å². The predicted octanol–water partition coefficient (Wildman–Crippen LogP) is 3.45. The normalized spacial score (nSPS) is 26.7. The summed E-state index contributed by atoms with van der Waals surface area (Å²) < 4.78 is 1.11. The average molecular weight is 273 g/mol. The molecule has 3 heteroatoms. The van der Waals surface area contributed by atoms with E-state index in [2.05, 4.69) is 28.1 Å². The first-order valence-electron chi connectivity index (χ1n) is 4.86. The van der Waals surface area contributed by atoms with Crippen LogP contribution in [-0.4, -0.2) is 16.5 Å². The van der Waals surface area contributed by atoms with Crippen LogP contribution in [-0.2, 0) is 0 Å². The number of benzene rings is 1. The Bertz CT molecular complexity index is 316. The first kappa shape index (κ1) is 10.5. The Labute approximate surface area is 97.0 Å². The van der Waals surface area contributed by atoms with Crippen molar-refractivity contribution in [2.75, 3.05) is 0 Å². The Hall–Kier alpha value is 0.01000. The van der Waals surface area contributed by atoms with Gasteiger partial charge >= 0.3 is 0 Å². The van der Waals surface area contributed by atoms with Gasteiger partial charge in [0.05, 0.1) is 6.10 Å². The summed E-state index contributed by atoms with van der Waals surface area (Å²) >= 11 is 5.24. The van der Waals surface area contributed by atoms with Gasteiger partial charge in [-0.3, -0.25) is 0 Å². The van der Waals surface area contributed by atoms with Crippen LogP contribution in [0.2, 0.25) is 0 Å². The van der Waals surface area contributed by atoms with E-state index in [4.69, 9.17) is 0 Å². The van der Waals surface area contributed by atoms with Crippen molar-refractivity contribution in [1.82, 2.24) is 0 Å². The van der Waals surface area contributed by atoms with Crippen molar-refractivity contribution in [3.63, 3.8) is 0 Å². The fourth-order valence-corrected chi connectivity index (χ4v) is 3.59. The van der Waals surface area contributed by atoms with Crippen LogP contribution in [0.1, 0.15) is 19.3 Å². The molecule has 1 fully saturated rings. The van der Waals surface area contributed by atoms with Crippen molar-refractivity contribution in [2.24, 2.45) is 0 Å². The Morgan fingerprint density at radius 3 is 2.86 bits per heavy atom. The summed E-state index contributed by atoms with van der Waals surface area (Å²) in [6.45, 7) is 0. The van der Waals surface area contributed by atoms with Crippen molar-refractivity contribution in [2.45, 2.75) is 35.5 Å². The number of rotatable bonds is 2. The topological polar surface area (TPSA) is 20.2 Å². The van der Waals surface area contributed by atoms with Crippen molar-refractivity contribution >= 4 is 27.7 Å². The quantitative estimate of drug-likeness (QED) is 0.890. The molecule has 0 amide bonds. The molecule has 0 spiro atoms. The van der Waals surface area contributed by atoms with E-state index in [0.29, 0.717) is 5.25 Å².